The van der Waals surface area contributed by atoms with Gasteiger partial charge in [0.2, 0.25) is 0 Å². The lowest BCUT2D eigenvalue weighted by atomic mass is 10.1. The average Bonchev–Trinajstić information content (AvgIpc) is 1.85. The third kappa shape index (κ3) is 2.63. The van der Waals surface area contributed by atoms with Crippen molar-refractivity contribution in [2.45, 2.75) is 13.0 Å². The molecule has 0 aromatic carbocycles. The van der Waals surface area contributed by atoms with Crippen LogP contribution in [0.5, 0.6) is 0 Å². The summed E-state index contributed by atoms with van der Waals surface area (Å²) < 4.78 is 0. The zero-order chi connectivity index (χ0) is 9.02. The van der Waals surface area contributed by atoms with E-state index in [0.29, 0.717) is 0 Å². The summed E-state index contributed by atoms with van der Waals surface area (Å²) >= 11 is 0. The van der Waals surface area contributed by atoms with E-state index in [0.717, 1.165) is 0 Å². The van der Waals surface area contributed by atoms with E-state index in [1.54, 1.807) is 19.0 Å². The van der Waals surface area contributed by atoms with Crippen LogP contribution in [0.1, 0.15) is 6.92 Å². The van der Waals surface area contributed by atoms with Crippen LogP contribution < -0.4 is 0 Å². The van der Waals surface area contributed by atoms with Crippen molar-refractivity contribution < 1.29 is 9.59 Å². The Morgan fingerprint density at radius 2 is 1.91 bits per heavy atom. The van der Waals surface area contributed by atoms with Crippen molar-refractivity contribution in [3.05, 3.63) is 12.7 Å². The van der Waals surface area contributed by atoms with Gasteiger partial charge in [-0.15, -0.1) is 0 Å². The number of rotatable bonds is 4. The predicted octanol–water partition coefficient (Wildman–Crippen LogP) is 0.261. The van der Waals surface area contributed by atoms with Crippen LogP contribution in [0.2, 0.25) is 0 Å². The molecule has 0 aliphatic heterocycles. The number of hydrogen-bond donors (Lipinski definition) is 0. The third-order valence-electron chi connectivity index (χ3n) is 1.37. The van der Waals surface area contributed by atoms with Crippen molar-refractivity contribution in [3.8, 4) is 0 Å². The first-order chi connectivity index (χ1) is 5.00. The minimum Gasteiger partial charge on any atom is -0.298 e. The summed E-state index contributed by atoms with van der Waals surface area (Å²) in [6.07, 6.45) is 1.17. The van der Waals surface area contributed by atoms with Crippen LogP contribution in [-0.4, -0.2) is 36.6 Å². The summed E-state index contributed by atoms with van der Waals surface area (Å²) in [5.41, 5.74) is 0. The Morgan fingerprint density at radius 3 is 2.00 bits per heavy atom. The molecule has 1 unspecified atom stereocenters. The third-order valence-corrected chi connectivity index (χ3v) is 1.37. The maximum absolute atomic E-state index is 11.0. The molecule has 3 heteroatoms. The van der Waals surface area contributed by atoms with Crippen LogP contribution in [0.3, 0.4) is 0 Å². The molecule has 0 rings (SSSR count). The molecule has 0 aliphatic rings. The smallest absolute Gasteiger partial charge is 0.179 e. The molecule has 0 saturated heterocycles. The molecule has 1 atom stereocenters. The van der Waals surface area contributed by atoms with Gasteiger partial charge in [0.15, 0.2) is 11.6 Å². The van der Waals surface area contributed by atoms with Gasteiger partial charge in [0, 0.05) is 0 Å². The van der Waals surface area contributed by atoms with E-state index in [9.17, 15) is 9.59 Å². The van der Waals surface area contributed by atoms with E-state index in [1.165, 1.54) is 13.0 Å². The fourth-order valence-corrected chi connectivity index (χ4v) is 0.930. The SMILES string of the molecule is C=CC(=O)C(C(C)=O)N(C)C. The van der Waals surface area contributed by atoms with Crippen LogP contribution in [0, 0.1) is 0 Å². The Labute approximate surface area is 66.7 Å². The van der Waals surface area contributed by atoms with E-state index >= 15 is 0 Å². The second-order valence-electron chi connectivity index (χ2n) is 2.58. The van der Waals surface area contributed by atoms with Crippen molar-refractivity contribution in [2.24, 2.45) is 0 Å². The highest BCUT2D eigenvalue weighted by atomic mass is 16.2. The fourth-order valence-electron chi connectivity index (χ4n) is 0.930. The number of nitrogens with zero attached hydrogens (tertiary/aromatic N) is 1. The molecule has 0 bridgehead atoms. The van der Waals surface area contributed by atoms with Crippen LogP contribution in [0.15, 0.2) is 12.7 Å². The van der Waals surface area contributed by atoms with Gasteiger partial charge in [-0.25, -0.2) is 0 Å². The molecule has 0 aliphatic carbocycles. The molecule has 0 aromatic heterocycles. The zero-order valence-corrected chi connectivity index (χ0v) is 7.13. The first-order valence-corrected chi connectivity index (χ1v) is 3.34. The highest BCUT2D eigenvalue weighted by Crippen LogP contribution is 1.97. The molecule has 0 heterocycles. The topological polar surface area (TPSA) is 37.4 Å². The molecule has 3 nitrogen and oxygen atoms in total. The van der Waals surface area contributed by atoms with E-state index in [-0.39, 0.29) is 11.6 Å². The Hall–Kier alpha value is -0.960. The molecular weight excluding hydrogens is 142 g/mol. The maximum atomic E-state index is 11.0. The predicted molar refractivity (Wildman–Crippen MR) is 43.4 cm³/mol. The summed E-state index contributed by atoms with van der Waals surface area (Å²) in [6, 6.07) is -0.660. The monoisotopic (exact) mass is 155 g/mol. The summed E-state index contributed by atoms with van der Waals surface area (Å²) in [7, 11) is 3.38. The van der Waals surface area contributed by atoms with Crippen molar-refractivity contribution in [2.75, 3.05) is 14.1 Å². The number of likely N-dealkylation sites (N-methyl/N-ethyl adjacent to an activating group) is 1. The first-order valence-electron chi connectivity index (χ1n) is 3.34. The number of ketones is 2. The first kappa shape index (κ1) is 10.0. The number of carbonyl (C=O) groups excluding carboxylic acids is 2. The summed E-state index contributed by atoms with van der Waals surface area (Å²) in [6.45, 7) is 4.71. The lowest BCUT2D eigenvalue weighted by Gasteiger charge is -2.17. The lowest BCUT2D eigenvalue weighted by Crippen LogP contribution is -2.40. The van der Waals surface area contributed by atoms with Gasteiger partial charge in [-0.05, 0) is 27.1 Å². The van der Waals surface area contributed by atoms with Gasteiger partial charge in [-0.2, -0.15) is 0 Å². The summed E-state index contributed by atoms with van der Waals surface area (Å²) in [5.74, 6) is -0.401. The van der Waals surface area contributed by atoms with E-state index in [4.69, 9.17) is 0 Å². The van der Waals surface area contributed by atoms with Crippen molar-refractivity contribution >= 4 is 11.6 Å². The highest BCUT2D eigenvalue weighted by molar-refractivity contribution is 6.10. The van der Waals surface area contributed by atoms with E-state index < -0.39 is 6.04 Å². The van der Waals surface area contributed by atoms with Crippen LogP contribution in [0.4, 0.5) is 0 Å². The van der Waals surface area contributed by atoms with Gasteiger partial charge in [-0.1, -0.05) is 6.58 Å². The van der Waals surface area contributed by atoms with E-state index in [1.807, 2.05) is 0 Å². The van der Waals surface area contributed by atoms with Gasteiger partial charge < -0.3 is 0 Å². The molecule has 0 saturated carbocycles. The van der Waals surface area contributed by atoms with Gasteiger partial charge in [0.05, 0.1) is 0 Å². The van der Waals surface area contributed by atoms with Gasteiger partial charge in [0.25, 0.3) is 0 Å². The summed E-state index contributed by atoms with van der Waals surface area (Å²) in [4.78, 5) is 23.5. The fraction of sp³-hybridized carbons (Fsp3) is 0.500. The number of carbonyl (C=O) groups is 2. The quantitative estimate of drug-likeness (QED) is 0.431. The normalized spacial score (nSPS) is 12.7. The van der Waals surface area contributed by atoms with Crippen molar-refractivity contribution in [1.29, 1.82) is 0 Å². The maximum Gasteiger partial charge on any atom is 0.179 e. The minimum absolute atomic E-state index is 0.153. The van der Waals surface area contributed by atoms with Gasteiger partial charge >= 0.3 is 0 Å². The molecule has 0 spiro atoms. The Bertz CT molecular complexity index is 185. The van der Waals surface area contributed by atoms with Crippen molar-refractivity contribution in [1.82, 2.24) is 4.90 Å². The molecular formula is C8H13NO2. The molecule has 11 heavy (non-hydrogen) atoms. The molecule has 62 valence electrons. The highest BCUT2D eigenvalue weighted by Gasteiger charge is 2.22. The Morgan fingerprint density at radius 1 is 1.45 bits per heavy atom. The van der Waals surface area contributed by atoms with Crippen LogP contribution in [0.25, 0.3) is 0 Å². The largest absolute Gasteiger partial charge is 0.298 e. The van der Waals surface area contributed by atoms with Gasteiger partial charge in [0.1, 0.15) is 6.04 Å². The molecule has 0 fully saturated rings. The molecule has 0 aromatic rings. The van der Waals surface area contributed by atoms with Crippen LogP contribution >= 0.6 is 0 Å². The van der Waals surface area contributed by atoms with Crippen molar-refractivity contribution in [3.63, 3.8) is 0 Å². The Kier molecular flexibility index (Phi) is 3.68. The minimum atomic E-state index is -0.660. The van der Waals surface area contributed by atoms with Gasteiger partial charge in [-0.3, -0.25) is 14.5 Å². The zero-order valence-electron chi connectivity index (χ0n) is 7.13. The molecule has 0 radical (unpaired) electrons. The second kappa shape index (κ2) is 4.03. The molecule has 0 amide bonds. The standard InChI is InChI=1S/C8H13NO2/c1-5-7(11)8(6(2)10)9(3)4/h5,8H,1H2,2-4H3. The number of hydrogen-bond acceptors (Lipinski definition) is 3. The van der Waals surface area contributed by atoms with Crippen LogP contribution in [-0.2, 0) is 9.59 Å². The summed E-state index contributed by atoms with van der Waals surface area (Å²) in [5, 5.41) is 0. The average molecular weight is 155 g/mol. The van der Waals surface area contributed by atoms with E-state index in [2.05, 4.69) is 6.58 Å². The number of Topliss-reactive ketones (excluding diaryl/α,β-unsaturated/α-hetero) is 1. The molecule has 0 N–H and O–H groups in total. The lowest BCUT2D eigenvalue weighted by molar-refractivity contribution is -0.129. The second-order valence-corrected chi connectivity index (χ2v) is 2.58. The Balaban J connectivity index is 4.46.